The van der Waals surface area contributed by atoms with Crippen LogP contribution in [0.3, 0.4) is 0 Å². The molecule has 0 saturated carbocycles. The minimum atomic E-state index is -6.71. The summed E-state index contributed by atoms with van der Waals surface area (Å²) in [5.41, 5.74) is -4.21. The molecule has 0 unspecified atom stereocenters. The maximum absolute atomic E-state index is 14.8. The SMILES string of the molecule is O=C(CCc1ccc2c(c1)OCO2)N1N=C(c2ccccc2)C[C@]1(O)C(F)(F)C(F)(F)C(F)(F)F. The van der Waals surface area contributed by atoms with Crippen LogP contribution in [0.15, 0.2) is 53.6 Å². The number of carbonyl (C=O) groups excluding carboxylic acids is 1. The number of hydrogen-bond donors (Lipinski definition) is 1. The van der Waals surface area contributed by atoms with E-state index in [1.807, 2.05) is 0 Å². The zero-order valence-electron chi connectivity index (χ0n) is 17.7. The number of amides is 1. The lowest BCUT2D eigenvalue weighted by molar-refractivity contribution is -0.401. The monoisotopic (exact) mass is 506 g/mol. The largest absolute Gasteiger partial charge is 0.460 e. The van der Waals surface area contributed by atoms with Gasteiger partial charge in [-0.2, -0.15) is 40.8 Å². The van der Waals surface area contributed by atoms with Gasteiger partial charge in [-0.3, -0.25) is 4.79 Å². The molecule has 0 aromatic heterocycles. The first kappa shape index (κ1) is 24.8. The van der Waals surface area contributed by atoms with E-state index in [1.165, 1.54) is 48.5 Å². The second-order valence-corrected chi connectivity index (χ2v) is 7.95. The third-order valence-electron chi connectivity index (χ3n) is 5.65. The van der Waals surface area contributed by atoms with Crippen LogP contribution >= 0.6 is 0 Å². The number of nitrogens with zero attached hydrogens (tertiary/aromatic N) is 2. The summed E-state index contributed by atoms with van der Waals surface area (Å²) in [6.45, 7) is -0.0298. The Hall–Kier alpha value is -3.35. The average Bonchev–Trinajstić information content (AvgIpc) is 3.42. The number of carbonyl (C=O) groups is 1. The van der Waals surface area contributed by atoms with Crippen molar-refractivity contribution in [3.8, 4) is 11.5 Å². The van der Waals surface area contributed by atoms with E-state index >= 15 is 0 Å². The zero-order valence-corrected chi connectivity index (χ0v) is 17.7. The van der Waals surface area contributed by atoms with Crippen LogP contribution in [-0.4, -0.2) is 52.3 Å². The highest BCUT2D eigenvalue weighted by atomic mass is 19.4. The Kier molecular flexibility index (Phi) is 5.94. The van der Waals surface area contributed by atoms with Crippen LogP contribution in [0.25, 0.3) is 0 Å². The summed E-state index contributed by atoms with van der Waals surface area (Å²) in [7, 11) is 0. The number of hydrazone groups is 1. The first-order valence-corrected chi connectivity index (χ1v) is 10.2. The Bertz CT molecular complexity index is 1150. The standard InChI is InChI=1S/C22H17F7N2O4/c23-20(24,21(25,26)22(27,28)29)19(33)11-15(14-4-2-1-3-5-14)30-31(19)18(32)9-7-13-6-8-16-17(10-13)35-12-34-16/h1-6,8,10,33H,7,9,11-12H2/t19-/m0/s1. The number of alkyl halides is 7. The second kappa shape index (κ2) is 8.40. The molecule has 2 aliphatic rings. The molecule has 4 rings (SSSR count). The molecule has 1 atom stereocenters. The molecule has 0 saturated heterocycles. The molecule has 1 N–H and O–H groups in total. The van der Waals surface area contributed by atoms with Crippen LogP contribution in [0.4, 0.5) is 30.7 Å². The Balaban J connectivity index is 1.65. The summed E-state index contributed by atoms with van der Waals surface area (Å²) in [5, 5.41) is 13.8. The minimum Gasteiger partial charge on any atom is -0.454 e. The number of fused-ring (bicyclic) bond motifs is 1. The number of hydrogen-bond acceptors (Lipinski definition) is 5. The lowest BCUT2D eigenvalue weighted by Crippen LogP contribution is -2.69. The van der Waals surface area contributed by atoms with Crippen LogP contribution in [-0.2, 0) is 11.2 Å². The van der Waals surface area contributed by atoms with Crippen molar-refractivity contribution < 1.29 is 50.1 Å². The Morgan fingerprint density at radius 1 is 1.00 bits per heavy atom. The van der Waals surface area contributed by atoms with E-state index in [2.05, 4.69) is 5.10 Å². The van der Waals surface area contributed by atoms with Crippen molar-refractivity contribution in [3.63, 3.8) is 0 Å². The van der Waals surface area contributed by atoms with Gasteiger partial charge in [-0.25, -0.2) is 0 Å². The van der Waals surface area contributed by atoms with Gasteiger partial charge in [-0.05, 0) is 29.7 Å². The number of halogens is 7. The van der Waals surface area contributed by atoms with Crippen molar-refractivity contribution in [1.29, 1.82) is 0 Å². The van der Waals surface area contributed by atoms with Crippen molar-refractivity contribution in [2.24, 2.45) is 5.10 Å². The van der Waals surface area contributed by atoms with Crippen LogP contribution in [0, 0.1) is 0 Å². The first-order chi connectivity index (χ1) is 16.3. The zero-order chi connectivity index (χ0) is 25.6. The molecule has 2 aromatic carbocycles. The smallest absolute Gasteiger partial charge is 0.454 e. The highest BCUT2D eigenvalue weighted by molar-refractivity contribution is 6.03. The highest BCUT2D eigenvalue weighted by Crippen LogP contribution is 2.54. The molecule has 0 bridgehead atoms. The third kappa shape index (κ3) is 4.07. The van der Waals surface area contributed by atoms with Gasteiger partial charge in [0, 0.05) is 12.8 Å². The Labute approximate surface area is 193 Å². The fourth-order valence-corrected chi connectivity index (χ4v) is 3.73. The molecule has 188 valence electrons. The van der Waals surface area contributed by atoms with Gasteiger partial charge in [0.1, 0.15) is 0 Å². The summed E-state index contributed by atoms with van der Waals surface area (Å²) < 4.78 is 106. The van der Waals surface area contributed by atoms with Gasteiger partial charge in [-0.15, -0.1) is 0 Å². The predicted octanol–water partition coefficient (Wildman–Crippen LogP) is 4.51. The molecular formula is C22H17F7N2O4. The number of benzene rings is 2. The Morgan fingerprint density at radius 2 is 1.66 bits per heavy atom. The molecule has 0 radical (unpaired) electrons. The van der Waals surface area contributed by atoms with Gasteiger partial charge >= 0.3 is 18.0 Å². The van der Waals surface area contributed by atoms with E-state index in [0.717, 1.165) is 0 Å². The van der Waals surface area contributed by atoms with Crippen LogP contribution in [0.1, 0.15) is 24.0 Å². The van der Waals surface area contributed by atoms with Gasteiger partial charge in [0.25, 0.3) is 0 Å². The minimum absolute atomic E-state index is 0.0298. The molecule has 0 aliphatic carbocycles. The van der Waals surface area contributed by atoms with E-state index in [0.29, 0.717) is 17.1 Å². The molecule has 1 amide bonds. The average molecular weight is 506 g/mol. The summed E-state index contributed by atoms with van der Waals surface area (Å²) >= 11 is 0. The molecule has 2 aliphatic heterocycles. The van der Waals surface area contributed by atoms with Crippen molar-refractivity contribution in [3.05, 3.63) is 59.7 Å². The molecule has 0 spiro atoms. The van der Waals surface area contributed by atoms with Gasteiger partial charge in [-0.1, -0.05) is 36.4 Å². The van der Waals surface area contributed by atoms with E-state index in [-0.39, 0.29) is 23.8 Å². The fraction of sp³-hybridized carbons (Fsp3) is 0.364. The normalized spacial score (nSPS) is 20.2. The maximum Gasteiger partial charge on any atom is 0.460 e. The number of rotatable bonds is 6. The Morgan fingerprint density at radius 3 is 2.31 bits per heavy atom. The molecule has 13 heteroatoms. The summed E-state index contributed by atoms with van der Waals surface area (Å²) in [6, 6.07) is 11.6. The van der Waals surface area contributed by atoms with Crippen molar-refractivity contribution in [2.75, 3.05) is 6.79 Å². The predicted molar refractivity (Wildman–Crippen MR) is 106 cm³/mol. The van der Waals surface area contributed by atoms with Crippen LogP contribution in [0.2, 0.25) is 0 Å². The van der Waals surface area contributed by atoms with Crippen molar-refractivity contribution in [1.82, 2.24) is 5.01 Å². The molecule has 2 heterocycles. The van der Waals surface area contributed by atoms with E-state index < -0.39 is 48.2 Å². The third-order valence-corrected chi connectivity index (χ3v) is 5.65. The topological polar surface area (TPSA) is 71.4 Å². The lowest BCUT2D eigenvalue weighted by Gasteiger charge is -2.41. The lowest BCUT2D eigenvalue weighted by atomic mass is 9.91. The molecule has 6 nitrogen and oxygen atoms in total. The molecule has 0 fully saturated rings. The van der Waals surface area contributed by atoms with Crippen molar-refractivity contribution in [2.45, 2.75) is 43.0 Å². The van der Waals surface area contributed by atoms with Gasteiger partial charge in [0.15, 0.2) is 11.5 Å². The quantitative estimate of drug-likeness (QED) is 0.586. The molecule has 2 aromatic rings. The number of aliphatic hydroxyl groups is 1. The second-order valence-electron chi connectivity index (χ2n) is 7.95. The number of ether oxygens (including phenoxy) is 2. The summed E-state index contributed by atoms with van der Waals surface area (Å²) in [5.74, 6) is -13.4. The summed E-state index contributed by atoms with van der Waals surface area (Å²) in [6.07, 6.45) is -8.94. The first-order valence-electron chi connectivity index (χ1n) is 10.2. The number of aryl methyl sites for hydroxylation is 1. The van der Waals surface area contributed by atoms with E-state index in [9.17, 15) is 40.6 Å². The van der Waals surface area contributed by atoms with E-state index in [4.69, 9.17) is 9.47 Å². The fourth-order valence-electron chi connectivity index (χ4n) is 3.73. The van der Waals surface area contributed by atoms with Crippen LogP contribution in [0.5, 0.6) is 11.5 Å². The molecule has 35 heavy (non-hydrogen) atoms. The van der Waals surface area contributed by atoms with Crippen LogP contribution < -0.4 is 9.47 Å². The van der Waals surface area contributed by atoms with Crippen molar-refractivity contribution >= 4 is 11.6 Å². The summed E-state index contributed by atoms with van der Waals surface area (Å²) in [4.78, 5) is 12.8. The molecular weight excluding hydrogens is 489 g/mol. The maximum atomic E-state index is 14.8. The van der Waals surface area contributed by atoms with Gasteiger partial charge in [0.2, 0.25) is 18.4 Å². The highest BCUT2D eigenvalue weighted by Gasteiger charge is 2.82. The van der Waals surface area contributed by atoms with Gasteiger partial charge in [0.05, 0.1) is 5.71 Å². The van der Waals surface area contributed by atoms with E-state index in [1.54, 1.807) is 0 Å². The van der Waals surface area contributed by atoms with Gasteiger partial charge < -0.3 is 14.6 Å².